The van der Waals surface area contributed by atoms with E-state index in [1.807, 2.05) is 40.1 Å². The lowest BCUT2D eigenvalue weighted by Gasteiger charge is -2.40. The van der Waals surface area contributed by atoms with Crippen molar-refractivity contribution in [3.05, 3.63) is 77.9 Å². The quantitative estimate of drug-likeness (QED) is 0.0466. The molecule has 1 aromatic heterocycles. The van der Waals surface area contributed by atoms with Gasteiger partial charge < -0.3 is 80.8 Å². The number of carboxylic acids is 1. The molecule has 0 radical (unpaired) electrons. The normalized spacial score (nSPS) is 17.7. The largest absolute Gasteiger partial charge is 0.507 e. The van der Waals surface area contributed by atoms with Crippen molar-refractivity contribution in [3.8, 4) is 17.2 Å². The molecule has 2 aliphatic rings. The maximum absolute atomic E-state index is 13.1. The van der Waals surface area contributed by atoms with E-state index in [0.29, 0.717) is 30.0 Å². The highest BCUT2D eigenvalue weighted by molar-refractivity contribution is 5.94. The topological polar surface area (TPSA) is 313 Å². The Kier molecular flexibility index (Phi) is 20.1. The van der Waals surface area contributed by atoms with E-state index in [1.54, 1.807) is 101 Å². The summed E-state index contributed by atoms with van der Waals surface area (Å²) in [7, 11) is 1.35. The van der Waals surface area contributed by atoms with Crippen molar-refractivity contribution in [1.29, 1.82) is 0 Å². The Morgan fingerprint density at radius 1 is 0.590 bits per heavy atom. The number of benzene rings is 3. The number of rotatable bonds is 13. The number of nitrogen functional groups attached to an aromatic ring is 1. The number of hydrogen-bond donors (Lipinski definition) is 8. The molecule has 0 saturated carbocycles. The van der Waals surface area contributed by atoms with Crippen molar-refractivity contribution in [2.24, 2.45) is 0 Å². The Balaban J connectivity index is 0.000000822. The van der Waals surface area contributed by atoms with Crippen LogP contribution in [-0.4, -0.2) is 135 Å². The van der Waals surface area contributed by atoms with Gasteiger partial charge in [-0.1, -0.05) is 36.4 Å². The molecule has 4 atom stereocenters. The number of aromatic nitrogens is 3. The lowest BCUT2D eigenvalue weighted by atomic mass is 10.0. The number of nitrogens with two attached hydrogens (primary N) is 1. The minimum absolute atomic E-state index is 0.131. The maximum Gasteiger partial charge on any atom is 0.407 e. The highest BCUT2D eigenvalue weighted by atomic mass is 16.6. The summed E-state index contributed by atoms with van der Waals surface area (Å²) < 4.78 is 33.3. The number of piperidine rings is 2. The van der Waals surface area contributed by atoms with Gasteiger partial charge in [0.25, 0.3) is 0 Å². The molecular weight excluding hydrogens is 1010 g/mol. The molecule has 24 nitrogen and oxygen atoms in total. The zero-order chi connectivity index (χ0) is 57.8. The van der Waals surface area contributed by atoms with E-state index in [0.717, 1.165) is 5.56 Å². The molecule has 0 unspecified atom stereocenters. The van der Waals surface area contributed by atoms with Crippen LogP contribution in [0.25, 0.3) is 0 Å². The minimum atomic E-state index is -1.20. The third-order valence-electron chi connectivity index (χ3n) is 10.9. The van der Waals surface area contributed by atoms with Crippen LogP contribution in [0, 0.1) is 0 Å². The first-order valence-corrected chi connectivity index (χ1v) is 25.5. The second-order valence-electron chi connectivity index (χ2n) is 22.7. The van der Waals surface area contributed by atoms with Crippen molar-refractivity contribution in [1.82, 2.24) is 36.2 Å². The van der Waals surface area contributed by atoms with Crippen LogP contribution in [0.4, 0.5) is 48.4 Å². The van der Waals surface area contributed by atoms with Gasteiger partial charge in [0.05, 0.1) is 37.0 Å². The van der Waals surface area contributed by atoms with Crippen LogP contribution in [0.1, 0.15) is 112 Å². The van der Waals surface area contributed by atoms with E-state index < -0.39 is 76.9 Å². The molecule has 2 fully saturated rings. The smallest absolute Gasteiger partial charge is 0.407 e. The first kappa shape index (κ1) is 60.7. The molecule has 0 aliphatic carbocycles. The van der Waals surface area contributed by atoms with Crippen molar-refractivity contribution in [3.63, 3.8) is 0 Å². The van der Waals surface area contributed by atoms with Gasteiger partial charge in [-0.25, -0.2) is 24.0 Å². The number of alkyl carbamates (subject to hydrolysis) is 4. The number of carbonyl (C=O) groups excluding carboxylic acids is 4. The predicted molar refractivity (Wildman–Crippen MR) is 293 cm³/mol. The zero-order valence-corrected chi connectivity index (χ0v) is 46.8. The highest BCUT2D eigenvalue weighted by Crippen LogP contribution is 2.31. The first-order valence-electron chi connectivity index (χ1n) is 25.5. The van der Waals surface area contributed by atoms with Crippen LogP contribution in [-0.2, 0) is 25.6 Å². The van der Waals surface area contributed by atoms with Crippen LogP contribution in [0.2, 0.25) is 0 Å². The number of phenols is 1. The SMILES string of the molecule is CC(C)(C)OC(=O)N[C@@H]1C[C@H](NC(=O)OC(C)(C)C)CN(c2nc(Nc3ccc(N)c(OCc4ccccc4)c3)nc(N3C[C@H](NC(=O)OC(C)(C)C)C[C@H](NC(=O)OC(C)(C)C)C3)n2)C1.COc1cccc(O)c1C(=O)O. The first-order chi connectivity index (χ1) is 36.3. The number of aromatic hydroxyl groups is 1. The third kappa shape index (κ3) is 20.4. The van der Waals surface area contributed by atoms with Crippen LogP contribution in [0.3, 0.4) is 0 Å². The number of nitrogens with one attached hydrogen (secondary N) is 5. The predicted octanol–water partition coefficient (Wildman–Crippen LogP) is 7.87. The molecule has 78 heavy (non-hydrogen) atoms. The molecule has 3 aromatic carbocycles. The summed E-state index contributed by atoms with van der Waals surface area (Å²) >= 11 is 0. The minimum Gasteiger partial charge on any atom is -0.507 e. The number of carboxylic acid groups (broad SMARTS) is 1. The number of carbonyl (C=O) groups is 5. The van der Waals surface area contributed by atoms with E-state index in [4.69, 9.17) is 59.3 Å². The van der Waals surface area contributed by atoms with Crippen molar-refractivity contribution in [2.75, 3.05) is 54.1 Å². The van der Waals surface area contributed by atoms with Gasteiger partial charge in [0.1, 0.15) is 51.8 Å². The molecule has 0 spiro atoms. The van der Waals surface area contributed by atoms with E-state index >= 15 is 0 Å². The van der Waals surface area contributed by atoms with E-state index in [-0.39, 0.29) is 67.7 Å². The third-order valence-corrected chi connectivity index (χ3v) is 10.9. The zero-order valence-electron chi connectivity index (χ0n) is 46.8. The number of anilines is 5. The summed E-state index contributed by atoms with van der Waals surface area (Å²) in [6.07, 6.45) is -1.82. The number of ether oxygens (including phenoxy) is 6. The van der Waals surface area contributed by atoms with Gasteiger partial charge in [-0.3, -0.25) is 0 Å². The Hall–Kier alpha value is -8.18. The molecule has 4 aromatic rings. The van der Waals surface area contributed by atoms with E-state index in [9.17, 15) is 24.0 Å². The monoisotopic (exact) mass is 1090 g/mol. The molecule has 9 N–H and O–H groups in total. The van der Waals surface area contributed by atoms with Crippen LogP contribution in [0.5, 0.6) is 17.2 Å². The summed E-state index contributed by atoms with van der Waals surface area (Å²) in [5.74, 6) is -0.376. The molecule has 2 saturated heterocycles. The van der Waals surface area contributed by atoms with Crippen LogP contribution >= 0.6 is 0 Å². The van der Waals surface area contributed by atoms with Crippen molar-refractivity contribution in [2.45, 2.75) is 149 Å². The second kappa shape index (κ2) is 25.8. The summed E-state index contributed by atoms with van der Waals surface area (Å²) in [5.41, 5.74) is 5.05. The molecule has 0 bridgehead atoms. The van der Waals surface area contributed by atoms with Crippen LogP contribution < -0.4 is 51.6 Å². The van der Waals surface area contributed by atoms with Gasteiger partial charge >= 0.3 is 30.3 Å². The number of hydrogen-bond acceptors (Lipinski definition) is 19. The summed E-state index contributed by atoms with van der Waals surface area (Å²) in [6, 6.07) is 17.1. The van der Waals surface area contributed by atoms with E-state index in [1.165, 1.54) is 25.3 Å². The van der Waals surface area contributed by atoms with Crippen molar-refractivity contribution < 1.29 is 62.6 Å². The molecule has 426 valence electrons. The second-order valence-corrected chi connectivity index (χ2v) is 22.7. The van der Waals surface area contributed by atoms with Gasteiger partial charge in [-0.15, -0.1) is 0 Å². The maximum atomic E-state index is 13.1. The lowest BCUT2D eigenvalue weighted by molar-refractivity contribution is 0.0452. The number of methoxy groups -OCH3 is 1. The molecule has 4 amide bonds. The number of amides is 4. The van der Waals surface area contributed by atoms with Crippen LogP contribution in [0.15, 0.2) is 66.7 Å². The average Bonchev–Trinajstić information content (AvgIpc) is 3.33. The Labute approximate surface area is 455 Å². The number of aromatic carboxylic acids is 1. The lowest BCUT2D eigenvalue weighted by Crippen LogP contribution is -2.59. The van der Waals surface area contributed by atoms with Gasteiger partial charge in [-0.05, 0) is 126 Å². The average molecular weight is 1090 g/mol. The van der Waals surface area contributed by atoms with E-state index in [2.05, 4.69) is 26.6 Å². The number of nitrogens with zero attached hydrogens (tertiary/aromatic N) is 5. The fourth-order valence-corrected chi connectivity index (χ4v) is 8.04. The summed E-state index contributed by atoms with van der Waals surface area (Å²) in [4.78, 5) is 81.5. The Morgan fingerprint density at radius 2 is 1.01 bits per heavy atom. The van der Waals surface area contributed by atoms with Crippen molar-refractivity contribution >= 4 is 59.6 Å². The van der Waals surface area contributed by atoms with Gasteiger partial charge in [0.2, 0.25) is 17.8 Å². The summed E-state index contributed by atoms with van der Waals surface area (Å²) in [5, 5.41) is 32.9. The molecule has 3 heterocycles. The fraction of sp³-hybridized carbons (Fsp3) is 0.519. The molecular formula is C54H77N11O13. The Morgan fingerprint density at radius 3 is 1.38 bits per heavy atom. The van der Waals surface area contributed by atoms with Gasteiger partial charge in [0.15, 0.2) is 0 Å². The Bertz CT molecular complexity index is 2530. The molecule has 24 heteroatoms. The highest BCUT2D eigenvalue weighted by Gasteiger charge is 2.36. The fourth-order valence-electron chi connectivity index (χ4n) is 8.04. The molecule has 2 aliphatic heterocycles. The molecule has 6 rings (SSSR count). The van der Waals surface area contributed by atoms with Gasteiger partial charge in [-0.2, -0.15) is 15.0 Å². The summed E-state index contributed by atoms with van der Waals surface area (Å²) in [6.45, 7) is 22.4. The standard InChI is InChI=1S/C46H69N11O9.C8H8O4/c1-43(2,3)63-39(58)49-30-20-31(50-40(59)64-44(4,5)6)24-56(23-30)37-53-36(48-29-18-19-34(47)35(22-29)62-27-28-16-14-13-15-17-28)54-38(55-37)57-25-32(51-41(60)65-45(7,8)9)21-33(26-57)52-42(61)66-46(10,11)12;1-12-6-4-2-3-5(9)7(6)8(10)11/h13-19,22,30-33H,20-21,23-27,47H2,1-12H3,(H,49,58)(H,50,59)(H,51,60)(H,52,61)(H,48,53,54,55);2-4,9H,1H3,(H,10,11)/t30-,31+,32-,33+;. The van der Waals surface area contributed by atoms with Gasteiger partial charge in [0, 0.05) is 37.9 Å².